The van der Waals surface area contributed by atoms with Gasteiger partial charge in [0.05, 0.1) is 36.3 Å². The smallest absolute Gasteiger partial charge is 0.255 e. The zero-order valence-corrected chi connectivity index (χ0v) is 17.5. The van der Waals surface area contributed by atoms with Crippen LogP contribution in [0.2, 0.25) is 0 Å². The molecule has 32 heavy (non-hydrogen) atoms. The molecule has 0 unspecified atom stereocenters. The molecule has 0 spiro atoms. The van der Waals surface area contributed by atoms with E-state index in [4.69, 9.17) is 15.2 Å². The number of ether oxygens (including phenoxy) is 2. The number of nitrogens with two attached hydrogens (primary N) is 1. The maximum Gasteiger partial charge on any atom is 0.255 e. The van der Waals surface area contributed by atoms with E-state index < -0.39 is 5.91 Å². The number of morpholine rings is 1. The van der Waals surface area contributed by atoms with Crippen LogP contribution in [0.15, 0.2) is 67.0 Å². The number of amides is 2. The molecular weight excluding hydrogens is 408 g/mol. The van der Waals surface area contributed by atoms with Crippen molar-refractivity contribution in [3.8, 4) is 5.75 Å². The van der Waals surface area contributed by atoms with Crippen molar-refractivity contribution in [2.45, 2.75) is 6.61 Å². The Morgan fingerprint density at radius 3 is 2.72 bits per heavy atom. The third kappa shape index (κ3) is 5.04. The number of aromatic nitrogens is 1. The number of pyridine rings is 1. The van der Waals surface area contributed by atoms with Crippen LogP contribution in [0.1, 0.15) is 26.3 Å². The van der Waals surface area contributed by atoms with Crippen molar-refractivity contribution in [2.75, 3.05) is 36.5 Å². The summed E-state index contributed by atoms with van der Waals surface area (Å²) < 4.78 is 11.2. The van der Waals surface area contributed by atoms with Crippen molar-refractivity contribution < 1.29 is 19.1 Å². The second kappa shape index (κ2) is 9.93. The fourth-order valence-electron chi connectivity index (χ4n) is 3.50. The molecule has 2 aromatic carbocycles. The SMILES string of the molecule is NC(=O)c1ccccc1OCc1cccc(C(=O)Nc2ccncc2N2CCOCC2)c1. The molecule has 0 saturated carbocycles. The van der Waals surface area contributed by atoms with E-state index in [-0.39, 0.29) is 12.5 Å². The quantitative estimate of drug-likeness (QED) is 0.595. The summed E-state index contributed by atoms with van der Waals surface area (Å²) in [7, 11) is 0. The molecule has 1 aliphatic rings. The molecule has 1 saturated heterocycles. The molecular formula is C24H24N4O4. The lowest BCUT2D eigenvalue weighted by molar-refractivity contribution is 0.0994. The van der Waals surface area contributed by atoms with E-state index in [1.165, 1.54) is 0 Å². The molecule has 8 nitrogen and oxygen atoms in total. The Kier molecular flexibility index (Phi) is 6.62. The van der Waals surface area contributed by atoms with Gasteiger partial charge in [-0.3, -0.25) is 14.6 Å². The molecule has 3 N–H and O–H groups in total. The van der Waals surface area contributed by atoms with Gasteiger partial charge < -0.3 is 25.4 Å². The van der Waals surface area contributed by atoms with Gasteiger partial charge >= 0.3 is 0 Å². The lowest BCUT2D eigenvalue weighted by Crippen LogP contribution is -2.36. The standard InChI is InChI=1S/C24H24N4O4/c25-23(29)19-6-1-2-7-22(19)32-16-17-4-3-5-18(14-17)24(30)27-20-8-9-26-15-21(20)28-10-12-31-13-11-28/h1-9,14-15H,10-13,16H2,(H2,25,29)(H,26,27,30). The average Bonchev–Trinajstić information content (AvgIpc) is 2.84. The third-order valence-electron chi connectivity index (χ3n) is 5.14. The fourth-order valence-corrected chi connectivity index (χ4v) is 3.50. The summed E-state index contributed by atoms with van der Waals surface area (Å²) in [5, 5.41) is 2.99. The van der Waals surface area contributed by atoms with Gasteiger partial charge in [0.1, 0.15) is 12.4 Å². The predicted molar refractivity (Wildman–Crippen MR) is 121 cm³/mol. The number of carbonyl (C=O) groups excluding carboxylic acids is 2. The summed E-state index contributed by atoms with van der Waals surface area (Å²) in [5.74, 6) is -0.381. The van der Waals surface area contributed by atoms with Crippen molar-refractivity contribution >= 4 is 23.2 Å². The number of nitrogens with zero attached hydrogens (tertiary/aromatic N) is 2. The number of hydrogen-bond donors (Lipinski definition) is 2. The Labute approximate surface area is 186 Å². The number of rotatable bonds is 7. The molecule has 0 atom stereocenters. The van der Waals surface area contributed by atoms with E-state index in [0.717, 1.165) is 24.3 Å². The number of primary amides is 1. The van der Waals surface area contributed by atoms with E-state index in [9.17, 15) is 9.59 Å². The lowest BCUT2D eigenvalue weighted by Gasteiger charge is -2.30. The van der Waals surface area contributed by atoms with Gasteiger partial charge in [-0.25, -0.2) is 0 Å². The zero-order valence-electron chi connectivity index (χ0n) is 17.5. The van der Waals surface area contributed by atoms with Crippen LogP contribution >= 0.6 is 0 Å². The fraction of sp³-hybridized carbons (Fsp3) is 0.208. The van der Waals surface area contributed by atoms with Crippen LogP contribution in [0.25, 0.3) is 0 Å². The lowest BCUT2D eigenvalue weighted by atomic mass is 10.1. The normalized spacial score (nSPS) is 13.4. The van der Waals surface area contributed by atoms with Crippen LogP contribution < -0.4 is 20.7 Å². The number of benzene rings is 2. The molecule has 4 rings (SSSR count). The molecule has 1 aliphatic heterocycles. The van der Waals surface area contributed by atoms with Gasteiger partial charge in [0.25, 0.3) is 11.8 Å². The van der Waals surface area contributed by atoms with Crippen molar-refractivity contribution in [3.63, 3.8) is 0 Å². The molecule has 2 amide bonds. The minimum Gasteiger partial charge on any atom is -0.488 e. The first kappa shape index (κ1) is 21.3. The van der Waals surface area contributed by atoms with Gasteiger partial charge in [-0.2, -0.15) is 0 Å². The highest BCUT2D eigenvalue weighted by molar-refractivity contribution is 6.06. The molecule has 0 radical (unpaired) electrons. The molecule has 8 heteroatoms. The molecule has 1 aromatic heterocycles. The van der Waals surface area contributed by atoms with Crippen LogP contribution in [-0.4, -0.2) is 43.1 Å². The average molecular weight is 432 g/mol. The minimum atomic E-state index is -0.554. The molecule has 2 heterocycles. The summed E-state index contributed by atoms with van der Waals surface area (Å²) in [4.78, 5) is 30.9. The minimum absolute atomic E-state index is 0.194. The Balaban J connectivity index is 1.46. The Morgan fingerprint density at radius 2 is 1.91 bits per heavy atom. The Bertz CT molecular complexity index is 1110. The summed E-state index contributed by atoms with van der Waals surface area (Å²) in [6.45, 7) is 2.97. The monoisotopic (exact) mass is 432 g/mol. The van der Waals surface area contributed by atoms with Gasteiger partial charge in [-0.05, 0) is 35.9 Å². The number of para-hydroxylation sites is 1. The molecule has 0 aliphatic carbocycles. The first-order valence-corrected chi connectivity index (χ1v) is 10.3. The van der Waals surface area contributed by atoms with Crippen LogP contribution in [0.5, 0.6) is 5.75 Å². The summed E-state index contributed by atoms with van der Waals surface area (Å²) in [6, 6.07) is 15.7. The molecule has 1 fully saturated rings. The van der Waals surface area contributed by atoms with E-state index >= 15 is 0 Å². The number of nitrogens with one attached hydrogen (secondary N) is 1. The highest BCUT2D eigenvalue weighted by Crippen LogP contribution is 2.26. The van der Waals surface area contributed by atoms with E-state index in [0.29, 0.717) is 35.8 Å². The molecule has 3 aromatic rings. The second-order valence-electron chi connectivity index (χ2n) is 7.30. The predicted octanol–water partition coefficient (Wildman–Crippen LogP) is 2.85. The van der Waals surface area contributed by atoms with Gasteiger partial charge in [-0.15, -0.1) is 0 Å². The van der Waals surface area contributed by atoms with Gasteiger partial charge in [0.2, 0.25) is 0 Å². The van der Waals surface area contributed by atoms with Crippen molar-refractivity contribution in [1.29, 1.82) is 0 Å². The number of hydrogen-bond acceptors (Lipinski definition) is 6. The number of carbonyl (C=O) groups is 2. The topological polar surface area (TPSA) is 107 Å². The van der Waals surface area contributed by atoms with Gasteiger partial charge in [0, 0.05) is 24.8 Å². The number of anilines is 2. The van der Waals surface area contributed by atoms with E-state index in [1.54, 1.807) is 60.9 Å². The highest BCUT2D eigenvalue weighted by atomic mass is 16.5. The maximum atomic E-state index is 12.9. The largest absolute Gasteiger partial charge is 0.488 e. The van der Waals surface area contributed by atoms with Gasteiger partial charge in [-0.1, -0.05) is 24.3 Å². The zero-order chi connectivity index (χ0) is 22.3. The third-order valence-corrected chi connectivity index (χ3v) is 5.14. The molecule has 0 bridgehead atoms. The van der Waals surface area contributed by atoms with E-state index in [1.807, 2.05) is 6.07 Å². The first-order valence-electron chi connectivity index (χ1n) is 10.3. The molecule has 164 valence electrons. The van der Waals surface area contributed by atoms with Crippen molar-refractivity contribution in [3.05, 3.63) is 83.7 Å². The van der Waals surface area contributed by atoms with Crippen LogP contribution in [0.3, 0.4) is 0 Å². The van der Waals surface area contributed by atoms with E-state index in [2.05, 4.69) is 15.2 Å². The summed E-state index contributed by atoms with van der Waals surface area (Å²) >= 11 is 0. The van der Waals surface area contributed by atoms with Crippen molar-refractivity contribution in [2.24, 2.45) is 5.73 Å². The summed E-state index contributed by atoms with van der Waals surface area (Å²) in [6.07, 6.45) is 3.40. The first-order chi connectivity index (χ1) is 15.6. The summed E-state index contributed by atoms with van der Waals surface area (Å²) in [5.41, 5.74) is 8.57. The second-order valence-corrected chi connectivity index (χ2v) is 7.30. The highest BCUT2D eigenvalue weighted by Gasteiger charge is 2.17. The Morgan fingerprint density at radius 1 is 1.09 bits per heavy atom. The van der Waals surface area contributed by atoms with Crippen LogP contribution in [0.4, 0.5) is 11.4 Å². The Hall–Kier alpha value is -3.91. The van der Waals surface area contributed by atoms with Crippen molar-refractivity contribution in [1.82, 2.24) is 4.98 Å². The van der Waals surface area contributed by atoms with Crippen LogP contribution in [0, 0.1) is 0 Å². The maximum absolute atomic E-state index is 12.9. The van der Waals surface area contributed by atoms with Gasteiger partial charge in [0.15, 0.2) is 0 Å². The van der Waals surface area contributed by atoms with Crippen LogP contribution in [-0.2, 0) is 11.3 Å².